The molecule has 1 aromatic heterocycles. The number of rotatable bonds is 4. The molecule has 2 amide bonds. The zero-order valence-electron chi connectivity index (χ0n) is 14.5. The Morgan fingerprint density at radius 3 is 2.11 bits per heavy atom. The van der Waals surface area contributed by atoms with Crippen molar-refractivity contribution in [2.45, 2.75) is 0 Å². The number of carbonyl (C=O) groups is 2. The minimum absolute atomic E-state index is 0.181. The van der Waals surface area contributed by atoms with Crippen LogP contribution in [0.25, 0.3) is 0 Å². The van der Waals surface area contributed by atoms with E-state index in [1.54, 1.807) is 48.5 Å². The van der Waals surface area contributed by atoms with Crippen LogP contribution in [0.5, 0.6) is 0 Å². The summed E-state index contributed by atoms with van der Waals surface area (Å²) in [6.07, 6.45) is 2.68. The third kappa shape index (κ3) is 4.18. The summed E-state index contributed by atoms with van der Waals surface area (Å²) in [7, 11) is 0. The van der Waals surface area contributed by atoms with Crippen LogP contribution >= 0.6 is 0 Å². The Morgan fingerprint density at radius 2 is 1.46 bits per heavy atom. The van der Waals surface area contributed by atoms with E-state index in [0.717, 1.165) is 0 Å². The Hall–Kier alpha value is -4.49. The molecule has 0 aliphatic rings. The summed E-state index contributed by atoms with van der Waals surface area (Å²) in [6, 6.07) is 18.4. The number of para-hydroxylation sites is 1. The Morgan fingerprint density at radius 1 is 0.821 bits per heavy atom. The Kier molecular flexibility index (Phi) is 5.40. The van der Waals surface area contributed by atoms with Crippen LogP contribution in [0, 0.1) is 22.7 Å². The number of benzene rings is 2. The van der Waals surface area contributed by atoms with Gasteiger partial charge in [0, 0.05) is 18.1 Å². The van der Waals surface area contributed by atoms with Crippen LogP contribution in [0.2, 0.25) is 0 Å². The number of anilines is 2. The molecule has 3 aromatic rings. The number of carbonyl (C=O) groups excluding carboxylic acids is 2. The molecule has 0 radical (unpaired) electrons. The van der Waals surface area contributed by atoms with Crippen molar-refractivity contribution in [1.82, 2.24) is 4.98 Å². The molecule has 0 atom stereocenters. The van der Waals surface area contributed by atoms with Crippen molar-refractivity contribution in [3.05, 3.63) is 89.2 Å². The van der Waals surface area contributed by atoms with Gasteiger partial charge in [-0.15, -0.1) is 0 Å². The lowest BCUT2D eigenvalue weighted by atomic mass is 10.1. The standard InChI is InChI=1S/C21H13N5O2/c22-10-14-5-7-18(8-6-14)25-20(27)16-9-17(13-24-12-16)21(28)26-19-4-2-1-3-15(19)11-23/h1-9,12-13H,(H,25,27)(H,26,28). The van der Waals surface area contributed by atoms with E-state index in [4.69, 9.17) is 10.5 Å². The highest BCUT2D eigenvalue weighted by Gasteiger charge is 2.13. The van der Waals surface area contributed by atoms with Crippen molar-refractivity contribution in [1.29, 1.82) is 10.5 Å². The van der Waals surface area contributed by atoms with Gasteiger partial charge >= 0.3 is 0 Å². The van der Waals surface area contributed by atoms with E-state index in [0.29, 0.717) is 22.5 Å². The fourth-order valence-corrected chi connectivity index (χ4v) is 2.40. The van der Waals surface area contributed by atoms with Crippen LogP contribution in [0.15, 0.2) is 67.0 Å². The predicted molar refractivity (Wildman–Crippen MR) is 102 cm³/mol. The van der Waals surface area contributed by atoms with Gasteiger partial charge in [0.25, 0.3) is 11.8 Å². The molecular formula is C21H13N5O2. The fourth-order valence-electron chi connectivity index (χ4n) is 2.40. The molecule has 3 rings (SSSR count). The monoisotopic (exact) mass is 367 g/mol. The number of aromatic nitrogens is 1. The Labute approximate surface area is 160 Å². The van der Waals surface area contributed by atoms with Crippen LogP contribution in [-0.4, -0.2) is 16.8 Å². The van der Waals surface area contributed by atoms with Crippen LogP contribution in [0.3, 0.4) is 0 Å². The molecule has 0 saturated carbocycles. The van der Waals surface area contributed by atoms with Crippen molar-refractivity contribution in [3.8, 4) is 12.1 Å². The van der Waals surface area contributed by atoms with Gasteiger partial charge in [0.1, 0.15) is 6.07 Å². The zero-order chi connectivity index (χ0) is 19.9. The second-order valence-corrected chi connectivity index (χ2v) is 5.72. The first-order chi connectivity index (χ1) is 13.6. The zero-order valence-corrected chi connectivity index (χ0v) is 14.5. The van der Waals surface area contributed by atoms with Gasteiger partial charge in [0.2, 0.25) is 0 Å². The molecule has 0 bridgehead atoms. The van der Waals surface area contributed by atoms with E-state index in [-0.39, 0.29) is 11.1 Å². The summed E-state index contributed by atoms with van der Waals surface area (Å²) >= 11 is 0. The van der Waals surface area contributed by atoms with Gasteiger partial charge in [-0.3, -0.25) is 14.6 Å². The fraction of sp³-hybridized carbons (Fsp3) is 0. The topological polar surface area (TPSA) is 119 Å². The van der Waals surface area contributed by atoms with E-state index in [1.807, 2.05) is 12.1 Å². The lowest BCUT2D eigenvalue weighted by Gasteiger charge is -2.08. The van der Waals surface area contributed by atoms with Gasteiger partial charge in [-0.25, -0.2) is 0 Å². The van der Waals surface area contributed by atoms with E-state index in [2.05, 4.69) is 15.6 Å². The minimum atomic E-state index is -0.483. The second kappa shape index (κ2) is 8.26. The number of hydrogen-bond donors (Lipinski definition) is 2. The lowest BCUT2D eigenvalue weighted by molar-refractivity contribution is 0.102. The van der Waals surface area contributed by atoms with Crippen molar-refractivity contribution in [2.24, 2.45) is 0 Å². The summed E-state index contributed by atoms with van der Waals surface area (Å²) in [5.74, 6) is -0.924. The van der Waals surface area contributed by atoms with Gasteiger partial charge in [-0.05, 0) is 42.5 Å². The summed E-state index contributed by atoms with van der Waals surface area (Å²) in [6.45, 7) is 0. The van der Waals surface area contributed by atoms with Crippen LogP contribution < -0.4 is 10.6 Å². The predicted octanol–water partition coefficient (Wildman–Crippen LogP) is 3.33. The first-order valence-corrected chi connectivity index (χ1v) is 8.18. The first-order valence-electron chi connectivity index (χ1n) is 8.18. The van der Waals surface area contributed by atoms with E-state index >= 15 is 0 Å². The highest BCUT2D eigenvalue weighted by atomic mass is 16.2. The summed E-state index contributed by atoms with van der Waals surface area (Å²) in [5, 5.41) is 23.2. The maximum absolute atomic E-state index is 12.5. The molecule has 0 fully saturated rings. The molecule has 28 heavy (non-hydrogen) atoms. The smallest absolute Gasteiger partial charge is 0.257 e. The number of amides is 2. The third-order valence-corrected chi connectivity index (χ3v) is 3.83. The molecule has 1 heterocycles. The van der Waals surface area contributed by atoms with Gasteiger partial charge in [-0.2, -0.15) is 10.5 Å². The van der Waals surface area contributed by atoms with E-state index in [1.165, 1.54) is 18.5 Å². The van der Waals surface area contributed by atoms with Crippen molar-refractivity contribution in [3.63, 3.8) is 0 Å². The van der Waals surface area contributed by atoms with Crippen LogP contribution in [-0.2, 0) is 0 Å². The molecule has 0 unspecified atom stereocenters. The molecule has 0 aliphatic heterocycles. The van der Waals surface area contributed by atoms with E-state index < -0.39 is 11.8 Å². The maximum atomic E-state index is 12.5. The molecule has 7 heteroatoms. The highest BCUT2D eigenvalue weighted by molar-refractivity contribution is 6.08. The maximum Gasteiger partial charge on any atom is 0.257 e. The number of hydrogen-bond acceptors (Lipinski definition) is 5. The number of nitrogens with one attached hydrogen (secondary N) is 2. The first kappa shape index (κ1) is 18.3. The van der Waals surface area contributed by atoms with Gasteiger partial charge < -0.3 is 10.6 Å². The lowest BCUT2D eigenvalue weighted by Crippen LogP contribution is -2.16. The number of pyridine rings is 1. The second-order valence-electron chi connectivity index (χ2n) is 5.72. The quantitative estimate of drug-likeness (QED) is 0.733. The number of nitrogens with zero attached hydrogens (tertiary/aromatic N) is 3. The van der Waals surface area contributed by atoms with Crippen LogP contribution in [0.4, 0.5) is 11.4 Å². The average molecular weight is 367 g/mol. The third-order valence-electron chi connectivity index (χ3n) is 3.83. The van der Waals surface area contributed by atoms with Gasteiger partial charge in [-0.1, -0.05) is 12.1 Å². The Bertz CT molecular complexity index is 1120. The van der Waals surface area contributed by atoms with Crippen molar-refractivity contribution >= 4 is 23.2 Å². The summed E-state index contributed by atoms with van der Waals surface area (Å²) in [4.78, 5) is 28.8. The number of nitriles is 2. The van der Waals surface area contributed by atoms with Crippen molar-refractivity contribution < 1.29 is 9.59 Å². The average Bonchev–Trinajstić information content (AvgIpc) is 2.74. The van der Waals surface area contributed by atoms with Gasteiger partial charge in [0.05, 0.1) is 34.0 Å². The highest BCUT2D eigenvalue weighted by Crippen LogP contribution is 2.16. The van der Waals surface area contributed by atoms with Crippen molar-refractivity contribution in [2.75, 3.05) is 10.6 Å². The molecule has 7 nitrogen and oxygen atoms in total. The largest absolute Gasteiger partial charge is 0.322 e. The molecular weight excluding hydrogens is 354 g/mol. The molecule has 2 N–H and O–H groups in total. The normalized spacial score (nSPS) is 9.64. The van der Waals surface area contributed by atoms with Crippen LogP contribution in [0.1, 0.15) is 31.8 Å². The molecule has 0 aliphatic carbocycles. The summed E-state index contributed by atoms with van der Waals surface area (Å²) in [5.41, 5.74) is 2.09. The molecule has 2 aromatic carbocycles. The Balaban J connectivity index is 1.75. The molecule has 0 spiro atoms. The van der Waals surface area contributed by atoms with E-state index in [9.17, 15) is 9.59 Å². The molecule has 134 valence electrons. The molecule has 0 saturated heterocycles. The minimum Gasteiger partial charge on any atom is -0.322 e. The SMILES string of the molecule is N#Cc1ccc(NC(=O)c2cncc(C(=O)Nc3ccccc3C#N)c2)cc1. The summed E-state index contributed by atoms with van der Waals surface area (Å²) < 4.78 is 0. The van der Waals surface area contributed by atoms with Gasteiger partial charge in [0.15, 0.2) is 0 Å².